The van der Waals surface area contributed by atoms with Gasteiger partial charge in [0.15, 0.2) is 16.5 Å². The number of thioether (sulfide) groups is 2. The van der Waals surface area contributed by atoms with Gasteiger partial charge in [0.1, 0.15) is 5.00 Å². The monoisotopic (exact) mass is 472 g/mol. The number of nitrogens with one attached hydrogen (secondary N) is 1. The summed E-state index contributed by atoms with van der Waals surface area (Å²) in [7, 11) is 0. The van der Waals surface area contributed by atoms with Crippen LogP contribution in [0.15, 0.2) is 35.6 Å². The van der Waals surface area contributed by atoms with Gasteiger partial charge in [-0.3, -0.25) is 10.3 Å². The maximum Gasteiger partial charge on any atom is 0.241 e. The number of hydrogen-bond donors (Lipinski definition) is 1. The molecular formula is C22H28N6S3. The van der Waals surface area contributed by atoms with Crippen molar-refractivity contribution in [2.24, 2.45) is 16.4 Å². The molecule has 6 nitrogen and oxygen atoms in total. The quantitative estimate of drug-likeness (QED) is 0.466. The van der Waals surface area contributed by atoms with Crippen molar-refractivity contribution in [3.63, 3.8) is 0 Å². The van der Waals surface area contributed by atoms with E-state index in [1.54, 1.807) is 23.5 Å². The average molecular weight is 473 g/mol. The fraction of sp³-hybridized carbons (Fsp3) is 0.500. The fourth-order valence-electron chi connectivity index (χ4n) is 4.57. The summed E-state index contributed by atoms with van der Waals surface area (Å²) < 4.78 is 2.24. The van der Waals surface area contributed by atoms with Crippen LogP contribution in [0.3, 0.4) is 0 Å². The molecule has 3 aliphatic rings. The van der Waals surface area contributed by atoms with E-state index in [9.17, 15) is 0 Å². The molecule has 2 atom stereocenters. The maximum atomic E-state index is 4.68. The van der Waals surface area contributed by atoms with Gasteiger partial charge in [-0.05, 0) is 36.2 Å². The number of rotatable bonds is 5. The summed E-state index contributed by atoms with van der Waals surface area (Å²) in [5.41, 5.74) is 6.60. The highest BCUT2D eigenvalue weighted by Crippen LogP contribution is 2.51. The first kappa shape index (κ1) is 21.2. The molecule has 0 fully saturated rings. The zero-order valence-electron chi connectivity index (χ0n) is 18.2. The summed E-state index contributed by atoms with van der Waals surface area (Å²) >= 11 is 5.27. The van der Waals surface area contributed by atoms with Crippen LogP contribution < -0.4 is 10.3 Å². The third-order valence-electron chi connectivity index (χ3n) is 6.23. The Labute approximate surface area is 196 Å². The van der Waals surface area contributed by atoms with Crippen LogP contribution in [0.2, 0.25) is 0 Å². The van der Waals surface area contributed by atoms with Crippen LogP contribution in [0, 0.1) is 11.3 Å². The van der Waals surface area contributed by atoms with Gasteiger partial charge in [-0.1, -0.05) is 56.4 Å². The Balaban J connectivity index is 1.62. The minimum atomic E-state index is -0.0116. The molecule has 0 spiro atoms. The first-order valence-corrected chi connectivity index (χ1v) is 13.4. The fourth-order valence-corrected chi connectivity index (χ4v) is 7.47. The van der Waals surface area contributed by atoms with E-state index in [1.165, 1.54) is 27.4 Å². The third-order valence-corrected chi connectivity index (χ3v) is 9.36. The third kappa shape index (κ3) is 3.45. The van der Waals surface area contributed by atoms with E-state index in [4.69, 9.17) is 0 Å². The highest BCUT2D eigenvalue weighted by atomic mass is 32.2. The van der Waals surface area contributed by atoms with Crippen LogP contribution in [0.1, 0.15) is 49.4 Å². The van der Waals surface area contributed by atoms with Crippen molar-refractivity contribution in [2.45, 2.75) is 51.4 Å². The van der Waals surface area contributed by atoms with Gasteiger partial charge >= 0.3 is 0 Å². The molecule has 0 saturated carbocycles. The van der Waals surface area contributed by atoms with Crippen LogP contribution >= 0.6 is 34.9 Å². The summed E-state index contributed by atoms with van der Waals surface area (Å²) in [4.78, 5) is 3.73. The van der Waals surface area contributed by atoms with Gasteiger partial charge < -0.3 is 0 Å². The predicted molar refractivity (Wildman–Crippen MR) is 134 cm³/mol. The molecule has 0 radical (unpaired) electrons. The van der Waals surface area contributed by atoms with E-state index >= 15 is 0 Å². The minimum Gasteiger partial charge on any atom is -0.280 e. The Morgan fingerprint density at radius 1 is 1.19 bits per heavy atom. The molecule has 1 aliphatic carbocycles. The number of aromatic nitrogens is 3. The number of amidine groups is 1. The van der Waals surface area contributed by atoms with Gasteiger partial charge in [-0.15, -0.1) is 34.7 Å². The van der Waals surface area contributed by atoms with E-state index in [1.807, 2.05) is 23.5 Å². The van der Waals surface area contributed by atoms with E-state index in [0.717, 1.165) is 40.6 Å². The van der Waals surface area contributed by atoms with E-state index in [-0.39, 0.29) is 6.17 Å². The van der Waals surface area contributed by atoms with E-state index < -0.39 is 0 Å². The van der Waals surface area contributed by atoms with Crippen molar-refractivity contribution < 1.29 is 0 Å². The summed E-state index contributed by atoms with van der Waals surface area (Å²) in [6.45, 7) is 14.8. The van der Waals surface area contributed by atoms with Crippen LogP contribution in [0.5, 0.6) is 0 Å². The number of thiophene rings is 1. The molecular weight excluding hydrogens is 444 g/mol. The molecule has 0 saturated heterocycles. The number of anilines is 1. The Bertz CT molecular complexity index is 1060. The van der Waals surface area contributed by atoms with Gasteiger partial charge in [-0.25, -0.2) is 4.57 Å². The molecule has 4 heterocycles. The smallest absolute Gasteiger partial charge is 0.241 e. The molecule has 0 amide bonds. The lowest BCUT2D eigenvalue weighted by molar-refractivity contribution is 0.217. The van der Waals surface area contributed by atoms with Crippen molar-refractivity contribution in [1.82, 2.24) is 20.2 Å². The molecule has 9 heteroatoms. The Hall–Kier alpha value is -1.71. The number of nitrogens with zero attached hydrogens (tertiary/aromatic N) is 5. The lowest BCUT2D eigenvalue weighted by atomic mass is 9.72. The molecule has 2 aromatic heterocycles. The van der Waals surface area contributed by atoms with Gasteiger partial charge in [-0.2, -0.15) is 5.10 Å². The SMILES string of the molecule is C=CCSC1=NNC2c3c(sc4c3CC[C@H](C(C)(C)C)C4)-n3c(SCC=C)nnc3N12. The van der Waals surface area contributed by atoms with Gasteiger partial charge in [0.05, 0.1) is 0 Å². The number of hydrogen-bond acceptors (Lipinski definition) is 8. The number of hydrazone groups is 1. The molecule has 2 aliphatic heterocycles. The molecule has 164 valence electrons. The largest absolute Gasteiger partial charge is 0.280 e. The first-order chi connectivity index (χ1) is 14.9. The molecule has 31 heavy (non-hydrogen) atoms. The predicted octanol–water partition coefficient (Wildman–Crippen LogP) is 5.37. The van der Waals surface area contributed by atoms with Crippen molar-refractivity contribution >= 4 is 46.0 Å². The normalized spacial score (nSPS) is 21.5. The second-order valence-corrected chi connectivity index (χ2v) is 12.2. The average Bonchev–Trinajstić information content (AvgIpc) is 3.43. The highest BCUT2D eigenvalue weighted by Gasteiger charge is 2.45. The Morgan fingerprint density at radius 3 is 2.71 bits per heavy atom. The second kappa shape index (κ2) is 8.01. The molecule has 0 bridgehead atoms. The lowest BCUT2D eigenvalue weighted by Gasteiger charge is -2.35. The zero-order chi connectivity index (χ0) is 21.8. The van der Waals surface area contributed by atoms with Crippen molar-refractivity contribution in [1.29, 1.82) is 0 Å². The van der Waals surface area contributed by atoms with Crippen LogP contribution in [0.4, 0.5) is 5.95 Å². The van der Waals surface area contributed by atoms with Crippen molar-refractivity contribution in [3.8, 4) is 5.00 Å². The molecule has 1 unspecified atom stereocenters. The maximum absolute atomic E-state index is 4.68. The first-order valence-electron chi connectivity index (χ1n) is 10.6. The van der Waals surface area contributed by atoms with Crippen molar-refractivity contribution in [3.05, 3.63) is 41.3 Å². The molecule has 2 aromatic rings. The lowest BCUT2D eigenvalue weighted by Crippen LogP contribution is -2.38. The van der Waals surface area contributed by atoms with Crippen LogP contribution in [-0.4, -0.2) is 31.4 Å². The van der Waals surface area contributed by atoms with E-state index in [2.05, 4.69) is 64.1 Å². The number of fused-ring (bicyclic) bond motifs is 8. The van der Waals surface area contributed by atoms with Crippen molar-refractivity contribution in [2.75, 3.05) is 16.4 Å². The molecule has 0 aromatic carbocycles. The van der Waals surface area contributed by atoms with Gasteiger partial charge in [0.2, 0.25) is 5.95 Å². The Kier molecular flexibility index (Phi) is 5.46. The highest BCUT2D eigenvalue weighted by molar-refractivity contribution is 8.14. The molecule has 1 N–H and O–H groups in total. The standard InChI is InChI=1S/C22H28N6S3/c1-6-10-29-20-25-23-17-16-14-9-8-13(22(3,4)5)12-15(14)31-18(16)28-19(27(17)20)24-26-21(28)30-11-7-2/h6-7,13,17,23H,1-2,8-12H2,3-5H3/t13-,17?/m0/s1. The van der Waals surface area contributed by atoms with Gasteiger partial charge in [0.25, 0.3) is 0 Å². The summed E-state index contributed by atoms with van der Waals surface area (Å²) in [5, 5.41) is 16.9. The molecule has 5 rings (SSSR count). The summed E-state index contributed by atoms with van der Waals surface area (Å²) in [5.74, 6) is 3.16. The van der Waals surface area contributed by atoms with Crippen LogP contribution in [0.25, 0.3) is 5.00 Å². The van der Waals surface area contributed by atoms with Crippen LogP contribution in [-0.2, 0) is 12.8 Å². The summed E-state index contributed by atoms with van der Waals surface area (Å²) in [6.07, 6.45) is 7.31. The van der Waals surface area contributed by atoms with E-state index in [0.29, 0.717) is 11.3 Å². The minimum absolute atomic E-state index is 0.0116. The topological polar surface area (TPSA) is 58.3 Å². The Morgan fingerprint density at radius 2 is 1.97 bits per heavy atom. The zero-order valence-corrected chi connectivity index (χ0v) is 20.7. The van der Waals surface area contributed by atoms with Gasteiger partial charge in [0, 0.05) is 21.9 Å². The second-order valence-electron chi connectivity index (χ2n) is 9.14. The summed E-state index contributed by atoms with van der Waals surface area (Å²) in [6, 6.07) is 0.